The Hall–Kier alpha value is -2.22. The second-order valence-corrected chi connectivity index (χ2v) is 9.44. The Morgan fingerprint density at radius 3 is 2.66 bits per heavy atom. The number of benzene rings is 1. The first-order chi connectivity index (χ1) is 15.5. The van der Waals surface area contributed by atoms with E-state index in [4.69, 9.17) is 23.7 Å². The molecule has 7 atom stereocenters. The van der Waals surface area contributed by atoms with Crippen LogP contribution in [0, 0.1) is 17.8 Å². The van der Waals surface area contributed by atoms with Gasteiger partial charge in [0, 0.05) is 24.3 Å². The molecule has 3 saturated heterocycles. The number of fused-ring (bicyclic) bond motifs is 3. The Kier molecular flexibility index (Phi) is 5.60. The van der Waals surface area contributed by atoms with E-state index < -0.39 is 11.4 Å². The molecule has 5 rings (SSSR count). The van der Waals surface area contributed by atoms with Crippen LogP contribution in [0.1, 0.15) is 38.2 Å². The highest BCUT2D eigenvalue weighted by molar-refractivity contribution is 5.87. The predicted molar refractivity (Wildman–Crippen MR) is 114 cm³/mol. The van der Waals surface area contributed by atoms with E-state index in [1.165, 1.54) is 13.2 Å². The lowest BCUT2D eigenvalue weighted by molar-refractivity contribution is -0.293. The van der Waals surface area contributed by atoms with E-state index >= 15 is 0 Å². The van der Waals surface area contributed by atoms with Crippen molar-refractivity contribution in [3.63, 3.8) is 0 Å². The summed E-state index contributed by atoms with van der Waals surface area (Å²) in [6.45, 7) is 3.01. The quantitative estimate of drug-likeness (QED) is 0.402. The topological polar surface area (TPSA) is 83.6 Å². The maximum Gasteiger partial charge on any atom is 0.331 e. The van der Waals surface area contributed by atoms with Gasteiger partial charge in [-0.1, -0.05) is 37.3 Å². The van der Waals surface area contributed by atoms with E-state index in [2.05, 4.69) is 0 Å². The van der Waals surface area contributed by atoms with Gasteiger partial charge in [0.1, 0.15) is 6.10 Å². The molecule has 1 aromatic carbocycles. The Labute approximate surface area is 188 Å². The molecule has 3 aliphatic heterocycles. The SMILES string of the molecule is COC(=O)[C@H]1CC[C@H]2[C@@H](C1)O[C@@]1(C[C@H](OC(=O)/C=C/c3ccccc3)[C@H](C)CO1)[C@@]21CO1. The zero-order valence-corrected chi connectivity index (χ0v) is 18.5. The number of methoxy groups -OCH3 is 1. The second-order valence-electron chi connectivity index (χ2n) is 9.44. The van der Waals surface area contributed by atoms with Gasteiger partial charge in [0.15, 0.2) is 5.60 Å². The van der Waals surface area contributed by atoms with Crippen molar-refractivity contribution >= 4 is 18.0 Å². The van der Waals surface area contributed by atoms with E-state index in [1.54, 1.807) is 6.08 Å². The van der Waals surface area contributed by atoms with Crippen LogP contribution in [0.2, 0.25) is 0 Å². The van der Waals surface area contributed by atoms with Gasteiger partial charge >= 0.3 is 11.9 Å². The molecule has 0 bridgehead atoms. The number of ether oxygens (including phenoxy) is 5. The van der Waals surface area contributed by atoms with Gasteiger partial charge in [0.05, 0.1) is 32.3 Å². The van der Waals surface area contributed by atoms with Crippen LogP contribution in [0.4, 0.5) is 0 Å². The van der Waals surface area contributed by atoms with Crippen LogP contribution < -0.4 is 0 Å². The van der Waals surface area contributed by atoms with Crippen molar-refractivity contribution in [1.82, 2.24) is 0 Å². The minimum atomic E-state index is -0.937. The number of carbonyl (C=O) groups excluding carboxylic acids is 2. The summed E-state index contributed by atoms with van der Waals surface area (Å²) in [6.07, 6.45) is 5.37. The number of esters is 2. The number of rotatable bonds is 4. The average Bonchev–Trinajstić information content (AvgIpc) is 3.58. The Bertz CT molecular complexity index is 893. The number of carbonyl (C=O) groups is 2. The Morgan fingerprint density at radius 1 is 1.16 bits per heavy atom. The zero-order chi connectivity index (χ0) is 22.3. The third-order valence-electron chi connectivity index (χ3n) is 7.53. The lowest BCUT2D eigenvalue weighted by Gasteiger charge is -2.42. The monoisotopic (exact) mass is 442 g/mol. The molecule has 1 saturated carbocycles. The average molecular weight is 443 g/mol. The van der Waals surface area contributed by atoms with Crippen molar-refractivity contribution in [2.75, 3.05) is 20.3 Å². The first-order valence-electron chi connectivity index (χ1n) is 11.4. The number of epoxide rings is 1. The smallest absolute Gasteiger partial charge is 0.331 e. The summed E-state index contributed by atoms with van der Waals surface area (Å²) >= 11 is 0. The molecule has 4 fully saturated rings. The van der Waals surface area contributed by atoms with Crippen molar-refractivity contribution in [3.8, 4) is 0 Å². The minimum absolute atomic E-state index is 0.0412. The molecular formula is C25H30O7. The summed E-state index contributed by atoms with van der Waals surface area (Å²) in [4.78, 5) is 24.6. The van der Waals surface area contributed by atoms with Crippen molar-refractivity contribution in [3.05, 3.63) is 42.0 Å². The van der Waals surface area contributed by atoms with Crippen LogP contribution in [0.3, 0.4) is 0 Å². The van der Waals surface area contributed by atoms with Gasteiger partial charge in [-0.3, -0.25) is 4.79 Å². The molecule has 172 valence electrons. The van der Waals surface area contributed by atoms with Crippen LogP contribution >= 0.6 is 0 Å². The summed E-state index contributed by atoms with van der Waals surface area (Å²) in [7, 11) is 1.42. The maximum absolute atomic E-state index is 12.5. The van der Waals surface area contributed by atoms with Crippen molar-refractivity contribution < 1.29 is 33.3 Å². The fraction of sp³-hybridized carbons (Fsp3) is 0.600. The van der Waals surface area contributed by atoms with E-state index in [1.807, 2.05) is 37.3 Å². The van der Waals surface area contributed by atoms with Crippen LogP contribution in [-0.2, 0) is 33.3 Å². The molecule has 2 spiro atoms. The van der Waals surface area contributed by atoms with Gasteiger partial charge in [0.2, 0.25) is 5.79 Å². The van der Waals surface area contributed by atoms with Crippen LogP contribution in [-0.4, -0.2) is 55.9 Å². The molecule has 0 radical (unpaired) electrons. The summed E-state index contributed by atoms with van der Waals surface area (Å²) < 4.78 is 29.6. The summed E-state index contributed by atoms with van der Waals surface area (Å²) in [5.41, 5.74) is 0.429. The molecule has 4 aliphatic rings. The molecular weight excluding hydrogens is 412 g/mol. The van der Waals surface area contributed by atoms with Crippen molar-refractivity contribution in [2.24, 2.45) is 17.8 Å². The van der Waals surface area contributed by atoms with Crippen LogP contribution in [0.25, 0.3) is 6.08 Å². The minimum Gasteiger partial charge on any atom is -0.469 e. The molecule has 0 unspecified atom stereocenters. The van der Waals surface area contributed by atoms with E-state index in [0.29, 0.717) is 26.1 Å². The van der Waals surface area contributed by atoms with Gasteiger partial charge < -0.3 is 23.7 Å². The zero-order valence-electron chi connectivity index (χ0n) is 18.5. The highest BCUT2D eigenvalue weighted by Crippen LogP contribution is 2.62. The van der Waals surface area contributed by atoms with Crippen molar-refractivity contribution in [1.29, 1.82) is 0 Å². The highest BCUT2D eigenvalue weighted by atomic mass is 16.8. The highest BCUT2D eigenvalue weighted by Gasteiger charge is 2.76. The number of hydrogen-bond acceptors (Lipinski definition) is 7. The second kappa shape index (κ2) is 8.28. The maximum atomic E-state index is 12.5. The van der Waals surface area contributed by atoms with E-state index in [9.17, 15) is 9.59 Å². The van der Waals surface area contributed by atoms with Gasteiger partial charge in [0.25, 0.3) is 0 Å². The van der Waals surface area contributed by atoms with Gasteiger partial charge in [-0.25, -0.2) is 4.79 Å². The van der Waals surface area contributed by atoms with Gasteiger partial charge in [-0.15, -0.1) is 0 Å². The summed E-state index contributed by atoms with van der Waals surface area (Å²) in [6, 6.07) is 9.64. The largest absolute Gasteiger partial charge is 0.469 e. The molecule has 0 N–H and O–H groups in total. The lowest BCUT2D eigenvalue weighted by Crippen LogP contribution is -2.55. The van der Waals surface area contributed by atoms with Crippen LogP contribution in [0.15, 0.2) is 36.4 Å². The van der Waals surface area contributed by atoms with Gasteiger partial charge in [-0.2, -0.15) is 0 Å². The molecule has 7 heteroatoms. The Balaban J connectivity index is 1.29. The lowest BCUT2D eigenvalue weighted by atomic mass is 9.72. The van der Waals surface area contributed by atoms with Gasteiger partial charge in [-0.05, 0) is 30.9 Å². The summed E-state index contributed by atoms with van der Waals surface area (Å²) in [5.74, 6) is -1.45. The van der Waals surface area contributed by atoms with Crippen LogP contribution in [0.5, 0.6) is 0 Å². The number of hydrogen-bond donors (Lipinski definition) is 0. The normalized spacial score (nSPS) is 40.4. The fourth-order valence-corrected chi connectivity index (χ4v) is 5.66. The first kappa shape index (κ1) is 21.6. The molecule has 1 aliphatic carbocycles. The summed E-state index contributed by atoms with van der Waals surface area (Å²) in [5, 5.41) is 0. The molecule has 32 heavy (non-hydrogen) atoms. The fourth-order valence-electron chi connectivity index (χ4n) is 5.66. The third kappa shape index (κ3) is 3.66. The molecule has 7 nitrogen and oxygen atoms in total. The molecule has 3 heterocycles. The van der Waals surface area contributed by atoms with Crippen molar-refractivity contribution in [2.45, 2.75) is 56.2 Å². The molecule has 0 amide bonds. The van der Waals surface area contributed by atoms with E-state index in [-0.39, 0.29) is 41.9 Å². The Morgan fingerprint density at radius 2 is 1.94 bits per heavy atom. The third-order valence-corrected chi connectivity index (χ3v) is 7.53. The first-order valence-corrected chi connectivity index (χ1v) is 11.4. The predicted octanol–water partition coefficient (Wildman–Crippen LogP) is 3.12. The molecule has 0 aromatic heterocycles. The molecule has 1 aromatic rings. The standard InChI is InChI=1S/C25H30O7/c1-16-14-29-25(13-21(16)31-22(26)11-8-17-6-4-3-5-7-17)24(15-30-24)19-10-9-18(23(27)28-2)12-20(19)32-25/h3-8,11,16,18-21H,9-10,12-15H2,1-2H3/b11-8+/t16-,18+,19+,20-,21+,24-,25+/m1/s1. The van der Waals surface area contributed by atoms with E-state index in [0.717, 1.165) is 18.4 Å².